The number of benzene rings is 3. The van der Waals surface area contributed by atoms with E-state index in [1.54, 1.807) is 34.1 Å². The van der Waals surface area contributed by atoms with Crippen molar-refractivity contribution in [2.45, 2.75) is 18.9 Å². The molecule has 4 nitrogen and oxygen atoms in total. The maximum absolute atomic E-state index is 14.1. The molecule has 162 valence electrons. The smallest absolute Gasteiger partial charge is 0.256 e. The van der Waals surface area contributed by atoms with E-state index in [1.165, 1.54) is 24.3 Å². The van der Waals surface area contributed by atoms with Gasteiger partial charge < -0.3 is 9.80 Å². The first-order chi connectivity index (χ1) is 15.5. The summed E-state index contributed by atoms with van der Waals surface area (Å²) in [6.45, 7) is 0.721. The molecule has 2 aliphatic rings. The van der Waals surface area contributed by atoms with Gasteiger partial charge in [-0.2, -0.15) is 0 Å². The molecule has 2 amide bonds. The fourth-order valence-electron chi connectivity index (χ4n) is 5.05. The van der Waals surface area contributed by atoms with Crippen molar-refractivity contribution in [2.75, 3.05) is 18.0 Å². The van der Waals surface area contributed by atoms with Crippen molar-refractivity contribution in [3.8, 4) is 0 Å². The van der Waals surface area contributed by atoms with Crippen LogP contribution in [-0.4, -0.2) is 29.8 Å². The second-order valence-corrected chi connectivity index (χ2v) is 8.40. The molecule has 5 rings (SSSR count). The van der Waals surface area contributed by atoms with Gasteiger partial charge in [0, 0.05) is 18.8 Å². The lowest BCUT2D eigenvalue weighted by molar-refractivity contribution is -0.144. The Morgan fingerprint density at radius 1 is 0.875 bits per heavy atom. The Morgan fingerprint density at radius 3 is 2.25 bits per heavy atom. The third-order valence-electron chi connectivity index (χ3n) is 6.68. The van der Waals surface area contributed by atoms with Gasteiger partial charge >= 0.3 is 0 Å². The van der Waals surface area contributed by atoms with Gasteiger partial charge in [-0.1, -0.05) is 48.5 Å². The minimum Gasteiger partial charge on any atom is -0.338 e. The van der Waals surface area contributed by atoms with Crippen LogP contribution in [0.2, 0.25) is 0 Å². The molecule has 0 aromatic heterocycles. The van der Waals surface area contributed by atoms with Crippen LogP contribution in [0.4, 0.5) is 14.5 Å². The Balaban J connectivity index is 1.43. The zero-order valence-corrected chi connectivity index (χ0v) is 17.4. The Hall–Kier alpha value is -3.54. The molecule has 0 radical (unpaired) electrons. The molecule has 2 saturated heterocycles. The Kier molecular flexibility index (Phi) is 5.00. The molecule has 0 bridgehead atoms. The number of rotatable bonds is 3. The molecule has 1 unspecified atom stereocenters. The summed E-state index contributed by atoms with van der Waals surface area (Å²) in [5, 5.41) is 0. The van der Waals surface area contributed by atoms with Gasteiger partial charge in [0.15, 0.2) is 0 Å². The summed E-state index contributed by atoms with van der Waals surface area (Å²) in [7, 11) is 0. The van der Waals surface area contributed by atoms with E-state index in [4.69, 9.17) is 0 Å². The largest absolute Gasteiger partial charge is 0.338 e. The lowest BCUT2D eigenvalue weighted by Gasteiger charge is -2.59. The monoisotopic (exact) mass is 432 g/mol. The predicted molar refractivity (Wildman–Crippen MR) is 117 cm³/mol. The molecule has 0 aliphatic carbocycles. The van der Waals surface area contributed by atoms with Crippen molar-refractivity contribution >= 4 is 17.5 Å². The summed E-state index contributed by atoms with van der Waals surface area (Å²) in [5.74, 6) is -1.36. The fourth-order valence-corrected chi connectivity index (χ4v) is 5.05. The first-order valence-electron chi connectivity index (χ1n) is 10.7. The SMILES string of the molecule is O=C(c1ccccc1F)N1CCC2(CC1)C(=O)N(c1cccc(F)c1)C2c1ccccc1. The average Bonchev–Trinajstić information content (AvgIpc) is 2.82. The lowest BCUT2D eigenvalue weighted by Crippen LogP contribution is -2.67. The number of carbonyl (C=O) groups excluding carboxylic acids is 2. The third kappa shape index (κ3) is 3.18. The zero-order chi connectivity index (χ0) is 22.3. The first-order valence-corrected chi connectivity index (χ1v) is 10.7. The number of halogens is 2. The second kappa shape index (κ2) is 7.86. The molecule has 0 saturated carbocycles. The molecule has 6 heteroatoms. The molecule has 3 aromatic carbocycles. The maximum Gasteiger partial charge on any atom is 0.256 e. The van der Waals surface area contributed by atoms with Crippen LogP contribution in [0.25, 0.3) is 0 Å². The number of β-lactam (4-membered cyclic amide) rings is 1. The van der Waals surface area contributed by atoms with Crippen molar-refractivity contribution in [1.29, 1.82) is 0 Å². The summed E-state index contributed by atoms with van der Waals surface area (Å²) in [6.07, 6.45) is 0.939. The Morgan fingerprint density at radius 2 is 1.56 bits per heavy atom. The van der Waals surface area contributed by atoms with E-state index in [2.05, 4.69) is 0 Å². The summed E-state index contributed by atoms with van der Waals surface area (Å²) in [5.41, 5.74) is 0.883. The van der Waals surface area contributed by atoms with Crippen molar-refractivity contribution in [3.63, 3.8) is 0 Å². The number of likely N-dealkylation sites (tertiary alicyclic amines) is 1. The van der Waals surface area contributed by atoms with E-state index >= 15 is 0 Å². The maximum atomic E-state index is 14.1. The number of piperidine rings is 1. The minimum atomic E-state index is -0.667. The van der Waals surface area contributed by atoms with Crippen LogP contribution < -0.4 is 4.90 Å². The average molecular weight is 432 g/mol. The van der Waals surface area contributed by atoms with Gasteiger partial charge in [0.25, 0.3) is 5.91 Å². The number of amides is 2. The van der Waals surface area contributed by atoms with Crippen molar-refractivity contribution in [1.82, 2.24) is 4.90 Å². The minimum absolute atomic E-state index is 0.0457. The van der Waals surface area contributed by atoms with E-state index in [0.29, 0.717) is 31.6 Å². The molecule has 2 fully saturated rings. The van der Waals surface area contributed by atoms with Gasteiger partial charge in [-0.05, 0) is 48.7 Å². The summed E-state index contributed by atoms with van der Waals surface area (Å²) in [4.78, 5) is 29.6. The highest BCUT2D eigenvalue weighted by atomic mass is 19.1. The highest BCUT2D eigenvalue weighted by molar-refractivity contribution is 6.06. The quantitative estimate of drug-likeness (QED) is 0.548. The van der Waals surface area contributed by atoms with Gasteiger partial charge in [-0.15, -0.1) is 0 Å². The molecule has 1 atom stereocenters. The number of nitrogens with zero attached hydrogens (tertiary/aromatic N) is 2. The summed E-state index contributed by atoms with van der Waals surface area (Å²) in [6, 6.07) is 21.5. The van der Waals surface area contributed by atoms with E-state index in [9.17, 15) is 18.4 Å². The van der Waals surface area contributed by atoms with Crippen LogP contribution in [0.1, 0.15) is 34.8 Å². The van der Waals surface area contributed by atoms with E-state index in [0.717, 1.165) is 5.56 Å². The fraction of sp³-hybridized carbons (Fsp3) is 0.231. The van der Waals surface area contributed by atoms with Gasteiger partial charge in [0.1, 0.15) is 11.6 Å². The topological polar surface area (TPSA) is 40.6 Å². The highest BCUT2D eigenvalue weighted by Gasteiger charge is 2.62. The van der Waals surface area contributed by atoms with E-state index in [1.807, 2.05) is 30.3 Å². The molecule has 32 heavy (non-hydrogen) atoms. The van der Waals surface area contributed by atoms with Crippen LogP contribution in [-0.2, 0) is 4.79 Å². The number of hydrogen-bond acceptors (Lipinski definition) is 2. The molecule has 3 aromatic rings. The van der Waals surface area contributed by atoms with Crippen LogP contribution in [0.15, 0.2) is 78.9 Å². The van der Waals surface area contributed by atoms with Gasteiger partial charge in [0.05, 0.1) is 17.0 Å². The van der Waals surface area contributed by atoms with E-state index in [-0.39, 0.29) is 23.4 Å². The predicted octanol–water partition coefficient (Wildman–Crippen LogP) is 4.98. The second-order valence-electron chi connectivity index (χ2n) is 8.40. The van der Waals surface area contributed by atoms with Gasteiger partial charge in [-0.25, -0.2) is 8.78 Å². The molecule has 2 aliphatic heterocycles. The standard InChI is InChI=1S/C26H22F2N2O2/c27-19-9-6-10-20(17-19)30-23(18-7-2-1-3-8-18)26(25(30)32)13-15-29(16-14-26)24(31)21-11-4-5-12-22(21)28/h1-12,17,23H,13-16H2. The molecule has 2 heterocycles. The summed E-state index contributed by atoms with van der Waals surface area (Å²) < 4.78 is 28.0. The molecular weight excluding hydrogens is 410 g/mol. The number of carbonyl (C=O) groups is 2. The van der Waals surface area contributed by atoms with Crippen molar-refractivity contribution in [2.24, 2.45) is 5.41 Å². The van der Waals surface area contributed by atoms with Gasteiger partial charge in [0.2, 0.25) is 5.91 Å². The number of hydrogen-bond donors (Lipinski definition) is 0. The van der Waals surface area contributed by atoms with Crippen molar-refractivity contribution < 1.29 is 18.4 Å². The molecule has 1 spiro atoms. The Labute approximate surface area is 185 Å². The number of anilines is 1. The van der Waals surface area contributed by atoms with Crippen LogP contribution in [0.3, 0.4) is 0 Å². The lowest BCUT2D eigenvalue weighted by atomic mass is 9.62. The van der Waals surface area contributed by atoms with Crippen LogP contribution >= 0.6 is 0 Å². The first kappa shape index (κ1) is 20.4. The van der Waals surface area contributed by atoms with E-state index < -0.39 is 17.0 Å². The van der Waals surface area contributed by atoms with Crippen LogP contribution in [0, 0.1) is 17.0 Å². The van der Waals surface area contributed by atoms with Crippen LogP contribution in [0.5, 0.6) is 0 Å². The van der Waals surface area contributed by atoms with Crippen molar-refractivity contribution in [3.05, 3.63) is 102 Å². The molecule has 0 N–H and O–H groups in total. The zero-order valence-electron chi connectivity index (χ0n) is 17.4. The Bertz CT molecular complexity index is 1170. The molecular formula is C26H22F2N2O2. The van der Waals surface area contributed by atoms with Gasteiger partial charge in [-0.3, -0.25) is 9.59 Å². The summed E-state index contributed by atoms with van der Waals surface area (Å²) >= 11 is 0. The highest BCUT2D eigenvalue weighted by Crippen LogP contribution is 2.57. The normalized spacial score (nSPS) is 19.7. The third-order valence-corrected chi connectivity index (χ3v) is 6.68.